The number of nitrogens with zero attached hydrogens (tertiary/aromatic N) is 2. The van der Waals surface area contributed by atoms with Crippen LogP contribution in [0.5, 0.6) is 23.1 Å². The molecule has 3 N–H and O–H groups in total. The zero-order valence-corrected chi connectivity index (χ0v) is 16.7. The fraction of sp³-hybridized carbons (Fsp3) is 0.182. The van der Waals surface area contributed by atoms with Crippen molar-refractivity contribution in [2.24, 2.45) is 5.73 Å². The number of aromatic amines is 1. The number of hydrogen-bond acceptors (Lipinski definition) is 7. The fourth-order valence-corrected chi connectivity index (χ4v) is 3.57. The summed E-state index contributed by atoms with van der Waals surface area (Å²) in [5.41, 5.74) is 9.35. The number of rotatable bonds is 5. The second-order valence-electron chi connectivity index (χ2n) is 6.62. The number of nitrogens with one attached hydrogen (secondary N) is 1. The van der Waals surface area contributed by atoms with Gasteiger partial charge in [0, 0.05) is 11.6 Å². The van der Waals surface area contributed by atoms with Gasteiger partial charge in [-0.1, -0.05) is 12.1 Å². The smallest absolute Gasteiger partial charge is 0.244 e. The van der Waals surface area contributed by atoms with E-state index in [0.717, 1.165) is 11.1 Å². The summed E-state index contributed by atoms with van der Waals surface area (Å²) in [5, 5.41) is 17.2. The third-order valence-corrected chi connectivity index (χ3v) is 5.00. The van der Waals surface area contributed by atoms with Gasteiger partial charge in [-0.05, 0) is 29.8 Å². The first-order valence-electron chi connectivity index (χ1n) is 9.12. The van der Waals surface area contributed by atoms with Crippen LogP contribution in [-0.2, 0) is 0 Å². The molecule has 152 valence electrons. The third-order valence-electron chi connectivity index (χ3n) is 5.00. The Bertz CT molecular complexity index is 1150. The molecule has 0 saturated heterocycles. The second-order valence-corrected chi connectivity index (χ2v) is 6.62. The van der Waals surface area contributed by atoms with Crippen molar-refractivity contribution in [2.45, 2.75) is 5.92 Å². The van der Waals surface area contributed by atoms with Gasteiger partial charge >= 0.3 is 0 Å². The maximum atomic E-state index is 9.87. The van der Waals surface area contributed by atoms with E-state index in [1.807, 2.05) is 36.4 Å². The Morgan fingerprint density at radius 2 is 1.73 bits per heavy atom. The third kappa shape index (κ3) is 3.16. The van der Waals surface area contributed by atoms with Gasteiger partial charge in [0.25, 0.3) is 0 Å². The molecule has 2 aromatic carbocycles. The molecule has 1 aliphatic heterocycles. The van der Waals surface area contributed by atoms with E-state index in [2.05, 4.69) is 16.3 Å². The first-order valence-corrected chi connectivity index (χ1v) is 9.12. The highest BCUT2D eigenvalue weighted by Crippen LogP contribution is 2.47. The Labute approximate surface area is 173 Å². The van der Waals surface area contributed by atoms with Crippen LogP contribution >= 0.6 is 0 Å². The van der Waals surface area contributed by atoms with Crippen LogP contribution in [-0.4, -0.2) is 31.5 Å². The van der Waals surface area contributed by atoms with Crippen molar-refractivity contribution >= 4 is 0 Å². The predicted octanol–water partition coefficient (Wildman–Crippen LogP) is 3.32. The highest BCUT2D eigenvalue weighted by atomic mass is 16.5. The van der Waals surface area contributed by atoms with Gasteiger partial charge < -0.3 is 24.7 Å². The number of allylic oxidation sites excluding steroid dienone is 1. The lowest BCUT2D eigenvalue weighted by atomic mass is 9.83. The summed E-state index contributed by atoms with van der Waals surface area (Å²) < 4.78 is 21.8. The summed E-state index contributed by atoms with van der Waals surface area (Å²) >= 11 is 0. The Balaban J connectivity index is 1.96. The fourth-order valence-electron chi connectivity index (χ4n) is 3.57. The van der Waals surface area contributed by atoms with Crippen molar-refractivity contribution in [1.29, 1.82) is 5.26 Å². The maximum absolute atomic E-state index is 9.87. The van der Waals surface area contributed by atoms with Crippen molar-refractivity contribution in [2.75, 3.05) is 21.3 Å². The Morgan fingerprint density at radius 1 is 1.03 bits per heavy atom. The van der Waals surface area contributed by atoms with Gasteiger partial charge in [-0.25, -0.2) is 0 Å². The van der Waals surface area contributed by atoms with E-state index in [1.165, 1.54) is 0 Å². The molecule has 3 aromatic rings. The molecule has 1 unspecified atom stereocenters. The Morgan fingerprint density at radius 3 is 2.37 bits per heavy atom. The number of fused-ring (bicyclic) bond motifs is 1. The lowest BCUT2D eigenvalue weighted by Gasteiger charge is -2.24. The second kappa shape index (κ2) is 7.72. The molecular formula is C22H20N4O4. The van der Waals surface area contributed by atoms with E-state index in [1.54, 1.807) is 27.4 Å². The van der Waals surface area contributed by atoms with Crippen LogP contribution < -0.4 is 24.7 Å². The first-order chi connectivity index (χ1) is 14.6. The zero-order chi connectivity index (χ0) is 21.3. The van der Waals surface area contributed by atoms with Gasteiger partial charge in [-0.3, -0.25) is 5.10 Å². The minimum Gasteiger partial charge on any atom is -0.497 e. The van der Waals surface area contributed by atoms with E-state index in [0.29, 0.717) is 34.4 Å². The van der Waals surface area contributed by atoms with Crippen molar-refractivity contribution in [3.05, 3.63) is 65.0 Å². The summed E-state index contributed by atoms with van der Waals surface area (Å²) in [6.45, 7) is 0. The molecule has 0 amide bonds. The quantitative estimate of drug-likeness (QED) is 0.670. The molecule has 4 rings (SSSR count). The summed E-state index contributed by atoms with van der Waals surface area (Å²) in [4.78, 5) is 0. The molecular weight excluding hydrogens is 384 g/mol. The molecule has 8 heteroatoms. The molecule has 1 atom stereocenters. The minimum absolute atomic E-state index is 0.0143. The molecule has 0 aliphatic carbocycles. The highest BCUT2D eigenvalue weighted by Gasteiger charge is 2.36. The summed E-state index contributed by atoms with van der Waals surface area (Å²) in [6, 6.07) is 15.2. The normalized spacial score (nSPS) is 15.1. The summed E-state index contributed by atoms with van der Waals surface area (Å²) in [5.74, 6) is 1.70. The topological polar surface area (TPSA) is 115 Å². The Kier molecular flexibility index (Phi) is 4.94. The van der Waals surface area contributed by atoms with Crippen molar-refractivity contribution < 1.29 is 18.9 Å². The van der Waals surface area contributed by atoms with Crippen molar-refractivity contribution in [3.8, 4) is 40.5 Å². The van der Waals surface area contributed by atoms with Crippen molar-refractivity contribution in [1.82, 2.24) is 10.2 Å². The van der Waals surface area contributed by atoms with Gasteiger partial charge in [0.15, 0.2) is 0 Å². The molecule has 1 aromatic heterocycles. The Hall–Kier alpha value is -4.12. The number of nitriles is 1. The summed E-state index contributed by atoms with van der Waals surface area (Å²) in [6.07, 6.45) is 0. The lowest BCUT2D eigenvalue weighted by Crippen LogP contribution is -2.21. The van der Waals surface area contributed by atoms with Gasteiger partial charge in [0.1, 0.15) is 28.9 Å². The van der Waals surface area contributed by atoms with Crippen LogP contribution in [0.4, 0.5) is 0 Å². The molecule has 0 fully saturated rings. The van der Waals surface area contributed by atoms with Crippen LogP contribution in [0.15, 0.2) is 53.9 Å². The monoisotopic (exact) mass is 404 g/mol. The molecule has 8 nitrogen and oxygen atoms in total. The molecule has 0 bridgehead atoms. The number of ether oxygens (including phenoxy) is 4. The van der Waals surface area contributed by atoms with Crippen LogP contribution in [0.25, 0.3) is 11.3 Å². The van der Waals surface area contributed by atoms with E-state index < -0.39 is 5.92 Å². The maximum Gasteiger partial charge on any atom is 0.244 e. The lowest BCUT2D eigenvalue weighted by molar-refractivity contribution is 0.377. The van der Waals surface area contributed by atoms with Gasteiger partial charge in [0.2, 0.25) is 11.8 Å². The number of benzene rings is 2. The minimum atomic E-state index is -0.525. The van der Waals surface area contributed by atoms with Crippen LogP contribution in [0.1, 0.15) is 17.0 Å². The van der Waals surface area contributed by atoms with E-state index in [4.69, 9.17) is 24.7 Å². The first kappa shape index (κ1) is 19.2. The molecule has 1 aliphatic rings. The number of nitrogens with two attached hydrogens (primary N) is 1. The number of methoxy groups -OCH3 is 3. The van der Waals surface area contributed by atoms with Gasteiger partial charge in [-0.15, -0.1) is 5.10 Å². The molecule has 0 saturated carbocycles. The molecule has 2 heterocycles. The van der Waals surface area contributed by atoms with E-state index in [-0.39, 0.29) is 11.5 Å². The SMILES string of the molecule is COc1cccc(-c2[nH]nc3c2C(c2cc(OC)cc(OC)c2)C(C#N)=C(N)O3)c1. The van der Waals surface area contributed by atoms with Gasteiger partial charge in [-0.2, -0.15) is 5.26 Å². The van der Waals surface area contributed by atoms with E-state index in [9.17, 15) is 5.26 Å². The predicted molar refractivity (Wildman–Crippen MR) is 109 cm³/mol. The van der Waals surface area contributed by atoms with Gasteiger partial charge in [0.05, 0.1) is 38.5 Å². The molecule has 0 radical (unpaired) electrons. The number of aromatic nitrogens is 2. The number of H-pyrrole nitrogens is 1. The average Bonchev–Trinajstić information content (AvgIpc) is 3.20. The molecule has 0 spiro atoms. The zero-order valence-electron chi connectivity index (χ0n) is 16.7. The molecule has 30 heavy (non-hydrogen) atoms. The van der Waals surface area contributed by atoms with Crippen molar-refractivity contribution in [3.63, 3.8) is 0 Å². The standard InChI is InChI=1S/C22H20N4O4/c1-27-14-6-4-5-12(7-14)20-19-18(13-8-15(28-2)10-16(9-13)29-3)17(11-23)21(24)30-22(19)26-25-20/h4-10,18H,24H2,1-3H3,(H,25,26). The van der Waals surface area contributed by atoms with Crippen LogP contribution in [0.2, 0.25) is 0 Å². The number of hydrogen-bond donors (Lipinski definition) is 2. The highest BCUT2D eigenvalue weighted by molar-refractivity contribution is 5.72. The van der Waals surface area contributed by atoms with E-state index >= 15 is 0 Å². The largest absolute Gasteiger partial charge is 0.497 e. The van der Waals surface area contributed by atoms with Crippen LogP contribution in [0, 0.1) is 11.3 Å². The summed E-state index contributed by atoms with van der Waals surface area (Å²) in [7, 11) is 4.75. The van der Waals surface area contributed by atoms with Crippen LogP contribution in [0.3, 0.4) is 0 Å². The average molecular weight is 404 g/mol.